The summed E-state index contributed by atoms with van der Waals surface area (Å²) < 4.78 is 0. The fraction of sp³-hybridized carbons (Fsp3) is 0.462. The maximum atomic E-state index is 10.7. The van der Waals surface area contributed by atoms with Crippen molar-refractivity contribution in [1.29, 1.82) is 0 Å². The van der Waals surface area contributed by atoms with Gasteiger partial charge in [-0.25, -0.2) is 0 Å². The van der Waals surface area contributed by atoms with Gasteiger partial charge in [-0.3, -0.25) is 4.79 Å². The summed E-state index contributed by atoms with van der Waals surface area (Å²) in [4.78, 5) is 10.7. The van der Waals surface area contributed by atoms with E-state index in [1.165, 1.54) is 0 Å². The molecule has 4 N–H and O–H groups in total. The minimum Gasteiger partial charge on any atom is -0.507 e. The van der Waals surface area contributed by atoms with Crippen LogP contribution in [0.2, 0.25) is 5.02 Å². The molecule has 0 fully saturated rings. The van der Waals surface area contributed by atoms with Crippen LogP contribution in [0.25, 0.3) is 0 Å². The number of rotatable bonds is 4. The maximum absolute atomic E-state index is 10.7. The van der Waals surface area contributed by atoms with Crippen LogP contribution in [-0.2, 0) is 4.79 Å². The highest BCUT2D eigenvalue weighted by atomic mass is 35.5. The Labute approximate surface area is 111 Å². The number of phenolic OH excluding ortho intramolecular Hbond substituents is 1. The van der Waals surface area contributed by atoms with Crippen LogP contribution in [0.15, 0.2) is 6.07 Å². The average molecular weight is 272 g/mol. The summed E-state index contributed by atoms with van der Waals surface area (Å²) >= 11 is 6.10. The van der Waals surface area contributed by atoms with Gasteiger partial charge in [-0.05, 0) is 30.0 Å². The number of carboxylic acid groups (broad SMARTS) is 1. The van der Waals surface area contributed by atoms with Gasteiger partial charge < -0.3 is 15.9 Å². The topological polar surface area (TPSA) is 83.5 Å². The van der Waals surface area contributed by atoms with Crippen molar-refractivity contribution >= 4 is 17.6 Å². The summed E-state index contributed by atoms with van der Waals surface area (Å²) in [5.74, 6) is -0.869. The Hall–Kier alpha value is -1.26. The smallest absolute Gasteiger partial charge is 0.305 e. The number of hydrogen-bond donors (Lipinski definition) is 3. The molecule has 0 amide bonds. The van der Waals surface area contributed by atoms with Crippen LogP contribution >= 0.6 is 11.6 Å². The molecular weight excluding hydrogens is 254 g/mol. The van der Waals surface area contributed by atoms with Crippen molar-refractivity contribution in [3.05, 3.63) is 27.8 Å². The van der Waals surface area contributed by atoms with Crippen LogP contribution in [0.5, 0.6) is 5.75 Å². The molecule has 0 heterocycles. The Kier molecular flexibility index (Phi) is 4.59. The Morgan fingerprint density at radius 1 is 1.50 bits per heavy atom. The standard InChI is InChI=1S/C13H18ClNO3/c1-6(2)8-4-9(14)7(3)12(13(8)18)10(15)5-11(16)17/h4,6,10,18H,5,15H2,1-3H3,(H,16,17). The highest BCUT2D eigenvalue weighted by molar-refractivity contribution is 6.31. The number of carboxylic acids is 1. The zero-order valence-corrected chi connectivity index (χ0v) is 11.5. The molecular formula is C13H18ClNO3. The highest BCUT2D eigenvalue weighted by Crippen LogP contribution is 2.39. The summed E-state index contributed by atoms with van der Waals surface area (Å²) in [5.41, 5.74) is 7.57. The lowest BCUT2D eigenvalue weighted by Crippen LogP contribution is -2.17. The molecule has 0 aliphatic heterocycles. The summed E-state index contributed by atoms with van der Waals surface area (Å²) in [6, 6.07) is 0.937. The minimum absolute atomic E-state index is 0.0562. The second-order valence-electron chi connectivity index (χ2n) is 4.69. The fourth-order valence-corrected chi connectivity index (χ4v) is 2.18. The van der Waals surface area contributed by atoms with E-state index in [1.54, 1.807) is 13.0 Å². The third-order valence-corrected chi connectivity index (χ3v) is 3.35. The van der Waals surface area contributed by atoms with E-state index in [-0.39, 0.29) is 18.1 Å². The summed E-state index contributed by atoms with van der Waals surface area (Å²) in [7, 11) is 0. The van der Waals surface area contributed by atoms with Crippen molar-refractivity contribution in [3.8, 4) is 5.75 Å². The molecule has 0 aliphatic rings. The summed E-state index contributed by atoms with van der Waals surface area (Å²) in [6.45, 7) is 5.57. The van der Waals surface area contributed by atoms with E-state index in [1.807, 2.05) is 13.8 Å². The number of aliphatic carboxylic acids is 1. The van der Waals surface area contributed by atoms with Gasteiger partial charge in [0.15, 0.2) is 0 Å². The van der Waals surface area contributed by atoms with Gasteiger partial charge in [0, 0.05) is 16.6 Å². The number of phenols is 1. The number of carbonyl (C=O) groups is 1. The van der Waals surface area contributed by atoms with Gasteiger partial charge in [0.1, 0.15) is 5.75 Å². The van der Waals surface area contributed by atoms with E-state index >= 15 is 0 Å². The van der Waals surface area contributed by atoms with Crippen molar-refractivity contribution in [3.63, 3.8) is 0 Å². The second kappa shape index (κ2) is 5.59. The molecule has 0 radical (unpaired) electrons. The van der Waals surface area contributed by atoms with Crippen LogP contribution in [0.1, 0.15) is 48.9 Å². The van der Waals surface area contributed by atoms with Crippen LogP contribution in [0.4, 0.5) is 0 Å². The van der Waals surface area contributed by atoms with Gasteiger partial charge >= 0.3 is 5.97 Å². The first-order valence-electron chi connectivity index (χ1n) is 5.74. The van der Waals surface area contributed by atoms with Crippen molar-refractivity contribution in [2.45, 2.75) is 39.2 Å². The third-order valence-electron chi connectivity index (χ3n) is 2.96. The van der Waals surface area contributed by atoms with E-state index in [4.69, 9.17) is 22.4 Å². The molecule has 1 aromatic rings. The largest absolute Gasteiger partial charge is 0.507 e. The molecule has 0 aliphatic carbocycles. The molecule has 100 valence electrons. The SMILES string of the molecule is Cc1c(Cl)cc(C(C)C)c(O)c1C(N)CC(=O)O. The van der Waals surface area contributed by atoms with E-state index in [9.17, 15) is 9.90 Å². The Morgan fingerprint density at radius 3 is 2.50 bits per heavy atom. The van der Waals surface area contributed by atoms with E-state index in [0.717, 1.165) is 0 Å². The number of aromatic hydroxyl groups is 1. The van der Waals surface area contributed by atoms with Gasteiger partial charge in [-0.15, -0.1) is 0 Å². The third kappa shape index (κ3) is 2.94. The van der Waals surface area contributed by atoms with Gasteiger partial charge in [-0.1, -0.05) is 25.4 Å². The lowest BCUT2D eigenvalue weighted by atomic mass is 9.91. The molecule has 0 spiro atoms. The molecule has 0 aromatic heterocycles. The predicted molar refractivity (Wildman–Crippen MR) is 71.1 cm³/mol. The first kappa shape index (κ1) is 14.8. The van der Waals surface area contributed by atoms with Crippen molar-refractivity contribution in [2.75, 3.05) is 0 Å². The molecule has 0 bridgehead atoms. The lowest BCUT2D eigenvalue weighted by Gasteiger charge is -2.20. The molecule has 1 atom stereocenters. The van der Waals surface area contributed by atoms with E-state index in [2.05, 4.69) is 0 Å². The first-order chi connectivity index (χ1) is 8.25. The van der Waals surface area contributed by atoms with E-state index < -0.39 is 12.0 Å². The number of halogens is 1. The Morgan fingerprint density at radius 2 is 2.06 bits per heavy atom. The van der Waals surface area contributed by atoms with Gasteiger partial charge in [0.2, 0.25) is 0 Å². The van der Waals surface area contributed by atoms with Crippen molar-refractivity contribution in [1.82, 2.24) is 0 Å². The summed E-state index contributed by atoms with van der Waals surface area (Å²) in [6.07, 6.45) is -0.244. The zero-order valence-electron chi connectivity index (χ0n) is 10.7. The van der Waals surface area contributed by atoms with E-state index in [0.29, 0.717) is 21.7 Å². The molecule has 0 saturated carbocycles. The number of benzene rings is 1. The Bertz CT molecular complexity index is 472. The van der Waals surface area contributed by atoms with Crippen molar-refractivity contribution < 1.29 is 15.0 Å². The number of nitrogens with two attached hydrogens (primary N) is 1. The monoisotopic (exact) mass is 271 g/mol. The molecule has 0 saturated heterocycles. The van der Waals surface area contributed by atoms with Crippen LogP contribution in [0, 0.1) is 6.92 Å². The maximum Gasteiger partial charge on any atom is 0.305 e. The quantitative estimate of drug-likeness (QED) is 0.786. The molecule has 4 nitrogen and oxygen atoms in total. The van der Waals surface area contributed by atoms with Crippen LogP contribution in [0.3, 0.4) is 0 Å². The molecule has 1 aromatic carbocycles. The Balaban J connectivity index is 3.37. The van der Waals surface area contributed by atoms with Crippen LogP contribution < -0.4 is 5.73 Å². The predicted octanol–water partition coefficient (Wildman–Crippen LogP) is 2.95. The number of hydrogen-bond acceptors (Lipinski definition) is 3. The average Bonchev–Trinajstić information content (AvgIpc) is 2.22. The lowest BCUT2D eigenvalue weighted by molar-refractivity contribution is -0.137. The summed E-state index contributed by atoms with van der Waals surface area (Å²) in [5, 5.41) is 19.5. The van der Waals surface area contributed by atoms with Gasteiger partial charge in [0.05, 0.1) is 6.42 Å². The molecule has 1 unspecified atom stereocenters. The highest BCUT2D eigenvalue weighted by Gasteiger charge is 2.22. The minimum atomic E-state index is -1.01. The van der Waals surface area contributed by atoms with Crippen LogP contribution in [-0.4, -0.2) is 16.2 Å². The van der Waals surface area contributed by atoms with Gasteiger partial charge in [0.25, 0.3) is 0 Å². The molecule has 5 heteroatoms. The molecule has 1 rings (SSSR count). The molecule has 18 heavy (non-hydrogen) atoms. The second-order valence-corrected chi connectivity index (χ2v) is 5.10. The zero-order chi connectivity index (χ0) is 14.0. The van der Waals surface area contributed by atoms with Crippen molar-refractivity contribution in [2.24, 2.45) is 5.73 Å². The normalized spacial score (nSPS) is 12.8. The van der Waals surface area contributed by atoms with Gasteiger partial charge in [-0.2, -0.15) is 0 Å². The fourth-order valence-electron chi connectivity index (χ4n) is 1.96. The first-order valence-corrected chi connectivity index (χ1v) is 6.12.